The van der Waals surface area contributed by atoms with Gasteiger partial charge in [0, 0.05) is 25.1 Å². The van der Waals surface area contributed by atoms with Crippen molar-refractivity contribution in [1.29, 1.82) is 0 Å². The normalized spacial score (nSPS) is 18.9. The summed E-state index contributed by atoms with van der Waals surface area (Å²) in [4.78, 5) is 40.3. The number of hydrogen-bond acceptors (Lipinski definition) is 6. The molecule has 1 saturated heterocycles. The number of fused-ring (bicyclic) bond motifs is 7. The lowest BCUT2D eigenvalue weighted by molar-refractivity contribution is -0.130. The average Bonchev–Trinajstić information content (AvgIpc) is 3.37. The van der Waals surface area contributed by atoms with Gasteiger partial charge in [0.1, 0.15) is 11.9 Å². The van der Waals surface area contributed by atoms with Crippen LogP contribution in [0.2, 0.25) is 0 Å². The number of benzene rings is 3. The van der Waals surface area contributed by atoms with Crippen LogP contribution in [0, 0.1) is 11.6 Å². The number of carbonyl (C=O) groups is 3. The van der Waals surface area contributed by atoms with E-state index in [1.54, 1.807) is 29.2 Å². The molecule has 3 aromatic carbocycles. The largest absolute Gasteiger partial charge is 0.493 e. The predicted octanol–water partition coefficient (Wildman–Crippen LogP) is 3.00. The van der Waals surface area contributed by atoms with Crippen LogP contribution in [0.15, 0.2) is 60.7 Å². The Bertz CT molecular complexity index is 1450. The van der Waals surface area contributed by atoms with Crippen molar-refractivity contribution in [3.05, 3.63) is 89.0 Å². The van der Waals surface area contributed by atoms with Crippen LogP contribution < -0.4 is 24.8 Å². The molecule has 3 aliphatic heterocycles. The van der Waals surface area contributed by atoms with E-state index in [0.29, 0.717) is 17.1 Å². The molecular formula is C30H29F2N3O6. The van der Waals surface area contributed by atoms with Gasteiger partial charge < -0.3 is 29.7 Å². The van der Waals surface area contributed by atoms with E-state index in [-0.39, 0.29) is 62.2 Å². The number of nitrogens with zero attached hydrogens (tertiary/aromatic N) is 1. The number of carbonyl (C=O) groups excluding carboxylic acids is 3. The van der Waals surface area contributed by atoms with Crippen LogP contribution in [0.1, 0.15) is 27.9 Å². The fourth-order valence-electron chi connectivity index (χ4n) is 4.78. The van der Waals surface area contributed by atoms with Crippen LogP contribution in [0.4, 0.5) is 8.78 Å². The van der Waals surface area contributed by atoms with Crippen molar-refractivity contribution in [3.8, 4) is 17.2 Å². The number of nitrogens with one attached hydrogen (secondary N) is 2. The van der Waals surface area contributed by atoms with Crippen LogP contribution in [0.3, 0.4) is 0 Å². The Labute approximate surface area is 235 Å². The molecule has 0 spiro atoms. The molecule has 2 N–H and O–H groups in total. The van der Waals surface area contributed by atoms with Gasteiger partial charge in [0.2, 0.25) is 5.91 Å². The molecule has 3 aromatic rings. The molecule has 1 fully saturated rings. The highest BCUT2D eigenvalue weighted by Crippen LogP contribution is 2.29. The van der Waals surface area contributed by atoms with Crippen molar-refractivity contribution in [2.45, 2.75) is 31.5 Å². The first-order valence-corrected chi connectivity index (χ1v) is 13.1. The van der Waals surface area contributed by atoms with Crippen LogP contribution in [0.5, 0.6) is 17.2 Å². The minimum absolute atomic E-state index is 0.0814. The van der Waals surface area contributed by atoms with Gasteiger partial charge in [0.05, 0.1) is 19.7 Å². The van der Waals surface area contributed by atoms with E-state index in [2.05, 4.69) is 10.6 Å². The Morgan fingerprint density at radius 1 is 1.02 bits per heavy atom. The summed E-state index contributed by atoms with van der Waals surface area (Å²) in [7, 11) is 1.46. The minimum atomic E-state index is -0.959. The summed E-state index contributed by atoms with van der Waals surface area (Å²) >= 11 is 0. The highest BCUT2D eigenvalue weighted by atomic mass is 19.2. The number of likely N-dealkylation sites (tertiary alicyclic amines) is 1. The number of ether oxygens (including phenoxy) is 3. The lowest BCUT2D eigenvalue weighted by Gasteiger charge is -2.21. The quantitative estimate of drug-likeness (QED) is 0.504. The fourth-order valence-corrected chi connectivity index (χ4v) is 4.78. The summed E-state index contributed by atoms with van der Waals surface area (Å²) in [6, 6.07) is 14.8. The van der Waals surface area contributed by atoms with E-state index >= 15 is 0 Å². The third-order valence-electron chi connectivity index (χ3n) is 7.03. The molecule has 4 bridgehead atoms. The van der Waals surface area contributed by atoms with E-state index in [1.165, 1.54) is 19.2 Å². The third-order valence-corrected chi connectivity index (χ3v) is 7.03. The van der Waals surface area contributed by atoms with E-state index in [1.807, 2.05) is 12.1 Å². The van der Waals surface area contributed by atoms with E-state index in [4.69, 9.17) is 14.2 Å². The van der Waals surface area contributed by atoms with E-state index in [9.17, 15) is 23.2 Å². The first-order valence-electron chi connectivity index (χ1n) is 13.1. The zero-order valence-electron chi connectivity index (χ0n) is 22.3. The van der Waals surface area contributed by atoms with Crippen molar-refractivity contribution >= 4 is 17.7 Å². The average molecular weight is 566 g/mol. The fraction of sp³-hybridized carbons (Fsp3) is 0.300. The Morgan fingerprint density at radius 2 is 1.83 bits per heavy atom. The number of halogens is 2. The van der Waals surface area contributed by atoms with Gasteiger partial charge >= 0.3 is 0 Å². The summed E-state index contributed by atoms with van der Waals surface area (Å²) in [5.41, 5.74) is 1.63. The molecule has 0 saturated carbocycles. The van der Waals surface area contributed by atoms with Crippen molar-refractivity contribution in [1.82, 2.24) is 15.5 Å². The third kappa shape index (κ3) is 6.74. The van der Waals surface area contributed by atoms with Gasteiger partial charge in [-0.15, -0.1) is 0 Å². The monoisotopic (exact) mass is 565 g/mol. The SMILES string of the molecule is COc1ccc2cc1OCC(=O)NCc1ccc(cc1)O[C@H]1CN(C(=O)CCc3ccc(F)c(F)c3)C[C@@H]1NC2=O. The zero-order chi connectivity index (χ0) is 28.9. The second-order valence-electron chi connectivity index (χ2n) is 9.86. The van der Waals surface area contributed by atoms with Gasteiger partial charge in [-0.25, -0.2) is 8.78 Å². The van der Waals surface area contributed by atoms with Gasteiger partial charge in [0.25, 0.3) is 11.8 Å². The van der Waals surface area contributed by atoms with Gasteiger partial charge in [-0.3, -0.25) is 14.4 Å². The molecule has 3 amide bonds. The second-order valence-corrected chi connectivity index (χ2v) is 9.86. The predicted molar refractivity (Wildman–Crippen MR) is 144 cm³/mol. The maximum absolute atomic E-state index is 13.6. The van der Waals surface area contributed by atoms with E-state index in [0.717, 1.165) is 17.7 Å². The van der Waals surface area contributed by atoms with Crippen molar-refractivity contribution in [3.63, 3.8) is 0 Å². The summed E-state index contributed by atoms with van der Waals surface area (Å²) in [6.07, 6.45) is -0.235. The summed E-state index contributed by atoms with van der Waals surface area (Å²) in [6.45, 7) is 0.431. The highest BCUT2D eigenvalue weighted by Gasteiger charge is 2.38. The molecule has 3 heterocycles. The lowest BCUT2D eigenvalue weighted by Crippen LogP contribution is -2.45. The number of amides is 3. The van der Waals surface area contributed by atoms with Crippen molar-refractivity contribution in [2.75, 3.05) is 26.8 Å². The van der Waals surface area contributed by atoms with Gasteiger partial charge in [-0.1, -0.05) is 18.2 Å². The van der Waals surface area contributed by atoms with Gasteiger partial charge in [-0.05, 0) is 60.0 Å². The minimum Gasteiger partial charge on any atom is -0.493 e. The number of hydrogen-bond donors (Lipinski definition) is 2. The van der Waals surface area contributed by atoms with Crippen LogP contribution in [0.25, 0.3) is 0 Å². The first kappa shape index (κ1) is 27.9. The number of rotatable bonds is 4. The van der Waals surface area contributed by atoms with E-state index < -0.39 is 29.7 Å². The maximum Gasteiger partial charge on any atom is 0.258 e. The summed E-state index contributed by atoms with van der Waals surface area (Å²) < 4.78 is 44.1. The molecule has 3 aliphatic rings. The number of aryl methyl sites for hydroxylation is 1. The maximum atomic E-state index is 13.6. The molecule has 214 valence electrons. The molecule has 9 nitrogen and oxygen atoms in total. The van der Waals surface area contributed by atoms with Crippen LogP contribution in [-0.2, 0) is 22.6 Å². The number of methoxy groups -OCH3 is 1. The van der Waals surface area contributed by atoms with Gasteiger partial charge in [-0.2, -0.15) is 0 Å². The van der Waals surface area contributed by atoms with Crippen molar-refractivity contribution in [2.24, 2.45) is 0 Å². The molecule has 11 heteroatoms. The smallest absolute Gasteiger partial charge is 0.258 e. The molecule has 0 radical (unpaired) electrons. The molecule has 41 heavy (non-hydrogen) atoms. The highest BCUT2D eigenvalue weighted by molar-refractivity contribution is 5.95. The van der Waals surface area contributed by atoms with Crippen LogP contribution in [-0.4, -0.2) is 61.6 Å². The Morgan fingerprint density at radius 3 is 2.59 bits per heavy atom. The molecule has 0 aromatic heterocycles. The molecule has 6 rings (SSSR count). The summed E-state index contributed by atoms with van der Waals surface area (Å²) in [5, 5.41) is 5.75. The molecule has 0 aliphatic carbocycles. The molecule has 2 atom stereocenters. The summed E-state index contributed by atoms with van der Waals surface area (Å²) in [5.74, 6) is -1.72. The van der Waals surface area contributed by atoms with Crippen LogP contribution >= 0.6 is 0 Å². The van der Waals surface area contributed by atoms with Gasteiger partial charge in [0.15, 0.2) is 29.7 Å². The first-order chi connectivity index (χ1) is 19.8. The lowest BCUT2D eigenvalue weighted by atomic mass is 10.1. The molecule has 0 unspecified atom stereocenters. The Hall–Kier alpha value is -4.67. The second kappa shape index (κ2) is 12.2. The van der Waals surface area contributed by atoms with Crippen molar-refractivity contribution < 1.29 is 37.4 Å². The Kier molecular flexibility index (Phi) is 8.32. The Balaban J connectivity index is 1.36. The topological polar surface area (TPSA) is 106 Å². The molecular weight excluding hydrogens is 536 g/mol. The standard InChI is InChI=1S/C30H29F2N3O6/c1-39-25-10-6-20-13-26(25)40-17-28(36)33-14-19-2-7-21(8-3-19)41-27-16-35(15-24(27)34-30(20)38)29(37)11-5-18-4-9-22(31)23(32)12-18/h2-4,6-10,12-13,24,27H,5,11,14-17H2,1H3,(H,33,36)(H,34,38)/t24-,27-/m0/s1. The zero-order valence-corrected chi connectivity index (χ0v) is 22.3.